The van der Waals surface area contributed by atoms with Gasteiger partial charge < -0.3 is 10.6 Å². The second kappa shape index (κ2) is 8.85. The van der Waals surface area contributed by atoms with E-state index in [9.17, 15) is 18.0 Å². The number of amides is 2. The summed E-state index contributed by atoms with van der Waals surface area (Å²) in [5, 5.41) is 12.3. The molecule has 3 aromatic rings. The second-order valence-electron chi connectivity index (χ2n) is 6.65. The van der Waals surface area contributed by atoms with Crippen molar-refractivity contribution in [3.63, 3.8) is 0 Å². The summed E-state index contributed by atoms with van der Waals surface area (Å²) in [6.07, 6.45) is 0.165. The molecule has 0 spiro atoms. The van der Waals surface area contributed by atoms with Crippen LogP contribution in [0.5, 0.6) is 0 Å². The lowest BCUT2D eigenvalue weighted by atomic mass is 10.0. The molecule has 0 saturated carbocycles. The van der Waals surface area contributed by atoms with Gasteiger partial charge in [0.15, 0.2) is 0 Å². The molecule has 0 radical (unpaired) electrons. The Balaban J connectivity index is 1.55. The molecule has 0 aliphatic heterocycles. The van der Waals surface area contributed by atoms with Gasteiger partial charge in [0.25, 0.3) is 0 Å². The van der Waals surface area contributed by atoms with Crippen LogP contribution in [-0.2, 0) is 31.8 Å². The summed E-state index contributed by atoms with van der Waals surface area (Å²) in [5.41, 5.74) is 1.78. The first-order chi connectivity index (χ1) is 13.8. The third kappa shape index (κ3) is 6.13. The standard InChI is InChI=1S/C21H21N3O4S/c22-29(27,28)14-15-5-3-9-18(11-15)24-21(26)13-23-20(25)12-17-8-4-7-16-6-1-2-10-19(16)17/h1-11H,12-14H2,(H,23,25)(H,24,26)(H2,22,27,28). The number of sulfonamides is 1. The Kier molecular flexibility index (Phi) is 6.26. The van der Waals surface area contributed by atoms with Gasteiger partial charge in [0.2, 0.25) is 21.8 Å². The Morgan fingerprint density at radius 1 is 0.897 bits per heavy atom. The van der Waals surface area contributed by atoms with Gasteiger partial charge in [0.05, 0.1) is 18.7 Å². The molecular formula is C21H21N3O4S. The molecule has 3 aromatic carbocycles. The highest BCUT2D eigenvalue weighted by Crippen LogP contribution is 2.18. The van der Waals surface area contributed by atoms with Crippen LogP contribution in [-0.4, -0.2) is 26.8 Å². The van der Waals surface area contributed by atoms with E-state index in [2.05, 4.69) is 10.6 Å². The first-order valence-electron chi connectivity index (χ1n) is 8.93. The van der Waals surface area contributed by atoms with Crippen molar-refractivity contribution >= 4 is 38.3 Å². The monoisotopic (exact) mass is 411 g/mol. The first-order valence-corrected chi connectivity index (χ1v) is 10.6. The van der Waals surface area contributed by atoms with Crippen LogP contribution in [0.2, 0.25) is 0 Å². The summed E-state index contributed by atoms with van der Waals surface area (Å²) in [4.78, 5) is 24.4. The van der Waals surface area contributed by atoms with Gasteiger partial charge in [-0.15, -0.1) is 0 Å². The fraction of sp³-hybridized carbons (Fsp3) is 0.143. The van der Waals surface area contributed by atoms with Crippen LogP contribution in [0, 0.1) is 0 Å². The number of anilines is 1. The van der Waals surface area contributed by atoms with E-state index < -0.39 is 15.9 Å². The molecule has 0 bridgehead atoms. The van der Waals surface area contributed by atoms with Gasteiger partial charge in [-0.2, -0.15) is 0 Å². The molecule has 7 nitrogen and oxygen atoms in total. The molecule has 0 saturated heterocycles. The Morgan fingerprint density at radius 2 is 1.62 bits per heavy atom. The van der Waals surface area contributed by atoms with Gasteiger partial charge in [0, 0.05) is 5.69 Å². The van der Waals surface area contributed by atoms with E-state index >= 15 is 0 Å². The van der Waals surface area contributed by atoms with Crippen LogP contribution in [0.4, 0.5) is 5.69 Å². The van der Waals surface area contributed by atoms with E-state index in [4.69, 9.17) is 5.14 Å². The second-order valence-corrected chi connectivity index (χ2v) is 8.26. The molecule has 0 aliphatic rings. The van der Waals surface area contributed by atoms with Crippen molar-refractivity contribution in [3.05, 3.63) is 77.9 Å². The number of carbonyl (C=O) groups excluding carboxylic acids is 2. The highest BCUT2D eigenvalue weighted by molar-refractivity contribution is 7.88. The van der Waals surface area contributed by atoms with E-state index in [-0.39, 0.29) is 24.6 Å². The van der Waals surface area contributed by atoms with Gasteiger partial charge >= 0.3 is 0 Å². The van der Waals surface area contributed by atoms with Crippen LogP contribution >= 0.6 is 0 Å². The lowest BCUT2D eigenvalue weighted by Crippen LogP contribution is -2.33. The molecule has 0 unspecified atom stereocenters. The van der Waals surface area contributed by atoms with Crippen molar-refractivity contribution in [2.45, 2.75) is 12.2 Å². The SMILES string of the molecule is NS(=O)(=O)Cc1cccc(NC(=O)CNC(=O)Cc2cccc3ccccc23)c1. The molecular weight excluding hydrogens is 390 g/mol. The quantitative estimate of drug-likeness (QED) is 0.550. The maximum atomic E-state index is 12.3. The van der Waals surface area contributed by atoms with Gasteiger partial charge in [-0.1, -0.05) is 54.6 Å². The van der Waals surface area contributed by atoms with Gasteiger partial charge in [-0.25, -0.2) is 13.6 Å². The summed E-state index contributed by atoms with van der Waals surface area (Å²) in [6, 6.07) is 19.9. The van der Waals surface area contributed by atoms with Crippen molar-refractivity contribution in [2.75, 3.05) is 11.9 Å². The topological polar surface area (TPSA) is 118 Å². The minimum Gasteiger partial charge on any atom is -0.347 e. The fourth-order valence-electron chi connectivity index (χ4n) is 3.04. The van der Waals surface area contributed by atoms with E-state index in [1.807, 2.05) is 42.5 Å². The van der Waals surface area contributed by atoms with Crippen molar-refractivity contribution < 1.29 is 18.0 Å². The maximum Gasteiger partial charge on any atom is 0.243 e. The smallest absolute Gasteiger partial charge is 0.243 e. The lowest BCUT2D eigenvalue weighted by Gasteiger charge is -2.09. The van der Waals surface area contributed by atoms with E-state index in [0.717, 1.165) is 16.3 Å². The summed E-state index contributed by atoms with van der Waals surface area (Å²) in [6.45, 7) is -0.191. The Bertz CT molecular complexity index is 1150. The number of fused-ring (bicyclic) bond motifs is 1. The van der Waals surface area contributed by atoms with Crippen molar-refractivity contribution in [1.82, 2.24) is 5.32 Å². The van der Waals surface area contributed by atoms with Crippen LogP contribution < -0.4 is 15.8 Å². The number of carbonyl (C=O) groups is 2. The number of primary sulfonamides is 1. The zero-order valence-corrected chi connectivity index (χ0v) is 16.4. The minimum atomic E-state index is -3.66. The molecule has 0 aromatic heterocycles. The normalized spacial score (nSPS) is 11.2. The van der Waals surface area contributed by atoms with Crippen molar-refractivity contribution in [2.24, 2.45) is 5.14 Å². The minimum absolute atomic E-state index is 0.165. The van der Waals surface area contributed by atoms with Gasteiger partial charge in [-0.05, 0) is 34.0 Å². The highest BCUT2D eigenvalue weighted by atomic mass is 32.2. The number of hydrogen-bond donors (Lipinski definition) is 3. The van der Waals surface area contributed by atoms with E-state index in [1.54, 1.807) is 18.2 Å². The summed E-state index contributed by atoms with van der Waals surface area (Å²) in [5.74, 6) is -0.998. The molecule has 29 heavy (non-hydrogen) atoms. The molecule has 0 fully saturated rings. The number of nitrogens with two attached hydrogens (primary N) is 1. The molecule has 0 aliphatic carbocycles. The predicted octanol–water partition coefficient (Wildman–Crippen LogP) is 1.93. The van der Waals surface area contributed by atoms with Crippen LogP contribution in [0.1, 0.15) is 11.1 Å². The van der Waals surface area contributed by atoms with Crippen LogP contribution in [0.3, 0.4) is 0 Å². The average Bonchev–Trinajstić information content (AvgIpc) is 2.66. The van der Waals surface area contributed by atoms with Gasteiger partial charge in [0.1, 0.15) is 0 Å². The van der Waals surface area contributed by atoms with E-state index in [1.165, 1.54) is 6.07 Å². The molecule has 8 heteroatoms. The van der Waals surface area contributed by atoms with Crippen LogP contribution in [0.25, 0.3) is 10.8 Å². The lowest BCUT2D eigenvalue weighted by molar-refractivity contribution is -0.123. The predicted molar refractivity (Wildman–Crippen MR) is 113 cm³/mol. The Hall–Kier alpha value is -3.23. The van der Waals surface area contributed by atoms with Gasteiger partial charge in [-0.3, -0.25) is 9.59 Å². The number of benzene rings is 3. The number of hydrogen-bond acceptors (Lipinski definition) is 4. The Labute approximate surface area is 169 Å². The summed E-state index contributed by atoms with van der Waals surface area (Å²) >= 11 is 0. The first kappa shape index (κ1) is 20.5. The molecule has 4 N–H and O–H groups in total. The third-order valence-electron chi connectivity index (χ3n) is 4.26. The largest absolute Gasteiger partial charge is 0.347 e. The summed E-state index contributed by atoms with van der Waals surface area (Å²) < 4.78 is 22.4. The molecule has 3 rings (SSSR count). The zero-order chi connectivity index (χ0) is 20.9. The highest BCUT2D eigenvalue weighted by Gasteiger charge is 2.10. The molecule has 150 valence electrons. The zero-order valence-electron chi connectivity index (χ0n) is 15.6. The Morgan fingerprint density at radius 3 is 2.41 bits per heavy atom. The fourth-order valence-corrected chi connectivity index (χ4v) is 3.68. The maximum absolute atomic E-state index is 12.3. The number of nitrogens with one attached hydrogen (secondary N) is 2. The van der Waals surface area contributed by atoms with Crippen molar-refractivity contribution in [1.29, 1.82) is 0 Å². The summed E-state index contributed by atoms with van der Waals surface area (Å²) in [7, 11) is -3.66. The van der Waals surface area contributed by atoms with Crippen LogP contribution in [0.15, 0.2) is 66.7 Å². The average molecular weight is 411 g/mol. The van der Waals surface area contributed by atoms with E-state index in [0.29, 0.717) is 11.3 Å². The molecule has 2 amide bonds. The molecule has 0 heterocycles. The third-order valence-corrected chi connectivity index (χ3v) is 4.99. The number of rotatable bonds is 7. The van der Waals surface area contributed by atoms with Crippen molar-refractivity contribution in [3.8, 4) is 0 Å². The molecule has 0 atom stereocenters.